The summed E-state index contributed by atoms with van der Waals surface area (Å²) in [5, 5.41) is 121. The van der Waals surface area contributed by atoms with Crippen LogP contribution in [0.2, 0.25) is 0 Å². The molecule has 106 heavy (non-hydrogen) atoms. The van der Waals surface area contributed by atoms with Crippen LogP contribution in [0.1, 0.15) is 264 Å². The third-order valence-electron chi connectivity index (χ3n) is 19.4. The third-order valence-corrected chi connectivity index (χ3v) is 19.4. The maximum Gasteiger partial charge on any atom is 0.220 e. The number of hydrogen-bond donors (Lipinski definition) is 12. The Kier molecular flexibility index (Phi) is 59.1. The van der Waals surface area contributed by atoms with Gasteiger partial charge in [-0.1, -0.05) is 301 Å². The Bertz CT molecular complexity index is 2490. The van der Waals surface area contributed by atoms with Crippen LogP contribution in [0, 0.1) is 0 Å². The first-order chi connectivity index (χ1) is 51.8. The molecule has 3 saturated heterocycles. The molecule has 3 aliphatic rings. The molecule has 0 aliphatic carbocycles. The Morgan fingerprint density at radius 2 is 0.651 bits per heavy atom. The van der Waals surface area contributed by atoms with E-state index in [2.05, 4.69) is 153 Å². The summed E-state index contributed by atoms with van der Waals surface area (Å²) in [7, 11) is 0. The number of nitrogens with one attached hydrogen (secondary N) is 1. The first kappa shape index (κ1) is 95.9. The number of carbonyl (C=O) groups is 1. The normalized spacial score (nSPS) is 26.4. The van der Waals surface area contributed by atoms with Crippen LogP contribution in [-0.2, 0) is 33.2 Å². The van der Waals surface area contributed by atoms with Gasteiger partial charge in [0.2, 0.25) is 5.91 Å². The van der Waals surface area contributed by atoms with E-state index in [0.717, 1.165) is 116 Å². The molecule has 1 amide bonds. The summed E-state index contributed by atoms with van der Waals surface area (Å²) < 4.78 is 34.4. The van der Waals surface area contributed by atoms with Gasteiger partial charge in [-0.25, -0.2) is 0 Å². The van der Waals surface area contributed by atoms with Crippen LogP contribution in [0.25, 0.3) is 0 Å². The van der Waals surface area contributed by atoms with E-state index in [1.165, 1.54) is 122 Å². The van der Waals surface area contributed by atoms with E-state index in [9.17, 15) is 61.0 Å². The number of hydrogen-bond acceptors (Lipinski definition) is 18. The second-order valence-electron chi connectivity index (χ2n) is 28.5. The Balaban J connectivity index is 1.39. The Hall–Kier alpha value is -4.33. The lowest BCUT2D eigenvalue weighted by atomic mass is 9.96. The number of aliphatic hydroxyl groups excluding tert-OH is 11. The zero-order valence-electron chi connectivity index (χ0n) is 64.9. The number of rotatable bonds is 63. The fourth-order valence-electron chi connectivity index (χ4n) is 12.8. The minimum absolute atomic E-state index is 0.194. The van der Waals surface area contributed by atoms with Crippen LogP contribution < -0.4 is 5.32 Å². The molecule has 606 valence electrons. The molecule has 19 nitrogen and oxygen atoms in total. The van der Waals surface area contributed by atoms with Gasteiger partial charge >= 0.3 is 0 Å². The van der Waals surface area contributed by atoms with Crippen LogP contribution in [0.15, 0.2) is 146 Å². The third kappa shape index (κ3) is 44.5. The zero-order chi connectivity index (χ0) is 76.7. The largest absolute Gasteiger partial charge is 0.394 e. The van der Waals surface area contributed by atoms with Crippen molar-refractivity contribution in [1.82, 2.24) is 5.32 Å². The molecule has 12 N–H and O–H groups in total. The molecule has 3 rings (SSSR count). The van der Waals surface area contributed by atoms with Crippen molar-refractivity contribution >= 4 is 5.91 Å². The fraction of sp³-hybridized carbons (Fsp3) is 0.713. The fourth-order valence-corrected chi connectivity index (χ4v) is 12.8. The highest BCUT2D eigenvalue weighted by Crippen LogP contribution is 2.33. The summed E-state index contributed by atoms with van der Waals surface area (Å²) in [6.45, 7) is 1.61. The molecule has 0 spiro atoms. The summed E-state index contributed by atoms with van der Waals surface area (Å²) in [6.07, 6.45) is 68.2. The summed E-state index contributed by atoms with van der Waals surface area (Å²) in [4.78, 5) is 13.5. The summed E-state index contributed by atoms with van der Waals surface area (Å²) in [5.74, 6) is -0.311. The van der Waals surface area contributed by atoms with Crippen LogP contribution in [-0.4, -0.2) is 193 Å². The minimum Gasteiger partial charge on any atom is -0.394 e. The van der Waals surface area contributed by atoms with Crippen LogP contribution in [0.4, 0.5) is 0 Å². The van der Waals surface area contributed by atoms with Crippen molar-refractivity contribution in [3.8, 4) is 0 Å². The molecule has 17 unspecified atom stereocenters. The molecular weight excluding hydrogens is 1350 g/mol. The number of carbonyl (C=O) groups excluding carboxylic acids is 1. The first-order valence-electron chi connectivity index (χ1n) is 41.1. The van der Waals surface area contributed by atoms with Crippen molar-refractivity contribution < 1.29 is 89.4 Å². The van der Waals surface area contributed by atoms with Gasteiger partial charge in [-0.2, -0.15) is 0 Å². The van der Waals surface area contributed by atoms with Crippen LogP contribution in [0.3, 0.4) is 0 Å². The van der Waals surface area contributed by atoms with Crippen molar-refractivity contribution in [1.29, 1.82) is 0 Å². The van der Waals surface area contributed by atoms with Gasteiger partial charge in [-0.05, 0) is 103 Å². The van der Waals surface area contributed by atoms with Gasteiger partial charge in [-0.15, -0.1) is 0 Å². The monoisotopic (exact) mass is 1490 g/mol. The van der Waals surface area contributed by atoms with Gasteiger partial charge in [0.15, 0.2) is 18.9 Å². The van der Waals surface area contributed by atoms with E-state index < -0.39 is 124 Å². The predicted octanol–water partition coefficient (Wildman–Crippen LogP) is 14.2. The van der Waals surface area contributed by atoms with Gasteiger partial charge in [0.25, 0.3) is 0 Å². The van der Waals surface area contributed by atoms with Crippen molar-refractivity contribution in [2.24, 2.45) is 0 Å². The zero-order valence-corrected chi connectivity index (χ0v) is 64.9. The first-order valence-corrected chi connectivity index (χ1v) is 41.1. The van der Waals surface area contributed by atoms with Crippen LogP contribution >= 0.6 is 0 Å². The Labute approximate surface area is 638 Å². The standard InChI is InChI=1S/C87H145NO18/c1-3-5-7-9-11-13-15-17-19-21-23-25-27-29-30-31-32-33-34-35-36-37-38-39-40-41-43-45-47-49-51-53-55-57-59-61-63-65-75(93)88-70(71(92)64-62-60-58-56-54-52-50-48-46-44-42-28-26-24-22-20-18-16-14-12-10-8-6-4-2)69-101-85-81(99)78(96)83(73(67-90)103-85)106-87-82(100)79(97)84(74(68-91)104-87)105-86-80(98)77(95)76(94)72(66-89)102-86/h5,7,11,13,17,19,23,25,29-30,32-33,35-36,38-39,41,43,47,49,53,55,62,64,70-74,76-87,89-92,94-100H,3-4,6,8-10,12,14-16,18,20-22,24,26-28,31,34,37,40,42,44-46,48,50-52,54,56-61,63,65-69H2,1-2H3,(H,88,93)/b7-5-,13-11-,19-17-,25-23-,30-29-,33-32-,36-35-,39-38-,43-41-,49-47-,55-53-,64-62+. The Morgan fingerprint density at radius 1 is 0.349 bits per heavy atom. The van der Waals surface area contributed by atoms with Gasteiger partial charge in [-0.3, -0.25) is 4.79 Å². The minimum atomic E-state index is -1.99. The number of aliphatic hydroxyl groups is 11. The summed E-state index contributed by atoms with van der Waals surface area (Å²) in [5.41, 5.74) is 0. The van der Waals surface area contributed by atoms with Crippen molar-refractivity contribution in [3.05, 3.63) is 146 Å². The second-order valence-corrected chi connectivity index (χ2v) is 28.5. The van der Waals surface area contributed by atoms with Crippen molar-refractivity contribution in [3.63, 3.8) is 0 Å². The predicted molar refractivity (Wildman–Crippen MR) is 424 cm³/mol. The molecule has 0 aromatic rings. The molecule has 3 fully saturated rings. The molecule has 0 aromatic heterocycles. The number of amides is 1. The second kappa shape index (κ2) is 65.4. The Morgan fingerprint density at radius 3 is 1.02 bits per heavy atom. The lowest BCUT2D eigenvalue weighted by Gasteiger charge is -2.48. The highest BCUT2D eigenvalue weighted by atomic mass is 16.8. The quantitative estimate of drug-likeness (QED) is 0.0199. The van der Waals surface area contributed by atoms with Crippen LogP contribution in [0.5, 0.6) is 0 Å². The number of allylic oxidation sites excluding steroid dienone is 23. The maximum atomic E-state index is 13.5. The molecule has 19 heteroatoms. The topological polar surface area (TPSA) is 307 Å². The number of unbranched alkanes of at least 4 members (excludes halogenated alkanes) is 25. The smallest absolute Gasteiger partial charge is 0.220 e. The van der Waals surface area contributed by atoms with E-state index >= 15 is 0 Å². The maximum absolute atomic E-state index is 13.5. The average Bonchev–Trinajstić information content (AvgIpc) is 0.780. The lowest BCUT2D eigenvalue weighted by Crippen LogP contribution is -2.66. The molecule has 17 atom stereocenters. The summed E-state index contributed by atoms with van der Waals surface area (Å²) in [6, 6.07) is -1.00. The molecular formula is C87H145NO18. The molecule has 3 aliphatic heterocycles. The van der Waals surface area contributed by atoms with Gasteiger partial charge in [0, 0.05) is 6.42 Å². The summed E-state index contributed by atoms with van der Waals surface area (Å²) >= 11 is 0. The van der Waals surface area contributed by atoms with Gasteiger partial charge < -0.3 is 89.9 Å². The van der Waals surface area contributed by atoms with E-state index in [4.69, 9.17) is 28.4 Å². The average molecular weight is 1490 g/mol. The highest BCUT2D eigenvalue weighted by molar-refractivity contribution is 5.76. The highest BCUT2D eigenvalue weighted by Gasteiger charge is 2.54. The van der Waals surface area contributed by atoms with Gasteiger partial charge in [0.05, 0.1) is 38.6 Å². The van der Waals surface area contributed by atoms with Gasteiger partial charge in [0.1, 0.15) is 73.2 Å². The van der Waals surface area contributed by atoms with E-state index in [1.807, 2.05) is 6.08 Å². The lowest BCUT2D eigenvalue weighted by molar-refractivity contribution is -0.379. The molecule has 0 radical (unpaired) electrons. The van der Waals surface area contributed by atoms with E-state index in [1.54, 1.807) is 6.08 Å². The number of ether oxygens (including phenoxy) is 6. The van der Waals surface area contributed by atoms with E-state index in [0.29, 0.717) is 6.42 Å². The van der Waals surface area contributed by atoms with Crippen molar-refractivity contribution in [2.45, 2.75) is 369 Å². The molecule has 0 aromatic carbocycles. The van der Waals surface area contributed by atoms with E-state index in [-0.39, 0.29) is 18.9 Å². The molecule has 0 bridgehead atoms. The van der Waals surface area contributed by atoms with Crippen molar-refractivity contribution in [2.75, 3.05) is 26.4 Å². The molecule has 0 saturated carbocycles. The molecule has 3 heterocycles. The SMILES string of the molecule is CC/C=C\C/C=C\C/C=C\C/C=C\C/C=C\C/C=C\C/C=C\C/C=C\C/C=C\C/C=C\C/C=C\CCCCCC(=O)NC(COC1OC(CO)C(OC2OC(CO)C(OC3OC(CO)C(O)C(O)C3O)C(O)C2O)C(O)C1O)C(O)/C=C/CCCCCCCCCCCCCCCCCCCCCCCC.